The van der Waals surface area contributed by atoms with E-state index in [2.05, 4.69) is 0 Å². The lowest BCUT2D eigenvalue weighted by molar-refractivity contribution is 0.0470. The third-order valence-corrected chi connectivity index (χ3v) is 3.59. The summed E-state index contributed by atoms with van der Waals surface area (Å²) >= 11 is 0. The van der Waals surface area contributed by atoms with Gasteiger partial charge < -0.3 is 18.9 Å². The number of ketones is 1. The Labute approximate surface area is 143 Å². The van der Waals surface area contributed by atoms with E-state index in [-0.39, 0.29) is 11.3 Å². The fraction of sp³-hybridized carbons (Fsp3) is 0.222. The highest BCUT2D eigenvalue weighted by Gasteiger charge is 2.18. The summed E-state index contributed by atoms with van der Waals surface area (Å²) in [6, 6.07) is 8.44. The number of hydrogen-bond donors (Lipinski definition) is 0. The average Bonchev–Trinajstić information content (AvgIpc) is 2.65. The molecule has 0 saturated heterocycles. The van der Waals surface area contributed by atoms with E-state index in [1.54, 1.807) is 12.1 Å². The Balaban J connectivity index is 1.65. The molecule has 0 aliphatic carbocycles. The van der Waals surface area contributed by atoms with Crippen molar-refractivity contribution in [2.24, 2.45) is 0 Å². The monoisotopic (exact) mass is 346 g/mol. The van der Waals surface area contributed by atoms with Crippen LogP contribution < -0.4 is 14.2 Å². The Morgan fingerprint density at radius 1 is 1.08 bits per heavy atom. The molecule has 6 nitrogen and oxygen atoms in total. The van der Waals surface area contributed by atoms with Gasteiger partial charge in [-0.2, -0.15) is 0 Å². The van der Waals surface area contributed by atoms with Crippen molar-refractivity contribution in [3.05, 3.63) is 53.3 Å². The molecule has 1 aliphatic rings. The standard InChI is InChI=1S/C18H15FO6/c1-22-12-3-4-13(14(19)9-12)18(21)25-10-15(20)11-2-5-16-17(8-11)24-7-6-23-16/h2-5,8-9H,6-7,10H2,1H3. The predicted octanol–water partition coefficient (Wildman–Crippen LogP) is 2.65. The molecule has 1 aliphatic heterocycles. The molecule has 130 valence electrons. The van der Waals surface area contributed by atoms with Crippen molar-refractivity contribution in [3.63, 3.8) is 0 Å². The number of carbonyl (C=O) groups is 2. The number of methoxy groups -OCH3 is 1. The lowest BCUT2D eigenvalue weighted by Gasteiger charge is -2.18. The fourth-order valence-corrected chi connectivity index (χ4v) is 2.30. The van der Waals surface area contributed by atoms with Crippen LogP contribution >= 0.6 is 0 Å². The van der Waals surface area contributed by atoms with Crippen LogP contribution in [0.2, 0.25) is 0 Å². The number of rotatable bonds is 5. The molecule has 0 N–H and O–H groups in total. The summed E-state index contributed by atoms with van der Waals surface area (Å²) < 4.78 is 34.4. The molecule has 2 aromatic rings. The van der Waals surface area contributed by atoms with Crippen molar-refractivity contribution in [2.75, 3.05) is 26.9 Å². The minimum absolute atomic E-state index is 0.268. The molecule has 0 amide bonds. The van der Waals surface area contributed by atoms with Gasteiger partial charge in [0, 0.05) is 11.6 Å². The average molecular weight is 346 g/mol. The summed E-state index contributed by atoms with van der Waals surface area (Å²) in [7, 11) is 1.39. The fourth-order valence-electron chi connectivity index (χ4n) is 2.30. The molecule has 0 bridgehead atoms. The first-order valence-corrected chi connectivity index (χ1v) is 7.52. The molecule has 0 radical (unpaired) electrons. The van der Waals surface area contributed by atoms with Gasteiger partial charge in [0.25, 0.3) is 0 Å². The van der Waals surface area contributed by atoms with Crippen molar-refractivity contribution >= 4 is 11.8 Å². The smallest absolute Gasteiger partial charge is 0.341 e. The number of ether oxygens (including phenoxy) is 4. The molecule has 25 heavy (non-hydrogen) atoms. The molecule has 3 rings (SSSR count). The Kier molecular flexibility index (Phi) is 4.83. The van der Waals surface area contributed by atoms with E-state index >= 15 is 0 Å². The molecule has 0 spiro atoms. The maximum atomic E-state index is 13.8. The number of esters is 1. The second-order valence-electron chi connectivity index (χ2n) is 5.20. The van der Waals surface area contributed by atoms with Crippen molar-refractivity contribution in [1.82, 2.24) is 0 Å². The summed E-state index contributed by atoms with van der Waals surface area (Å²) in [4.78, 5) is 24.1. The van der Waals surface area contributed by atoms with Crippen molar-refractivity contribution in [2.45, 2.75) is 0 Å². The summed E-state index contributed by atoms with van der Waals surface area (Å²) in [5.41, 5.74) is 0.0445. The van der Waals surface area contributed by atoms with E-state index in [9.17, 15) is 14.0 Å². The number of benzene rings is 2. The highest BCUT2D eigenvalue weighted by Crippen LogP contribution is 2.30. The molecule has 0 unspecified atom stereocenters. The van der Waals surface area contributed by atoms with Crippen LogP contribution in [0.4, 0.5) is 4.39 Å². The van der Waals surface area contributed by atoms with E-state index in [0.29, 0.717) is 30.3 Å². The van der Waals surface area contributed by atoms with Gasteiger partial charge in [-0.05, 0) is 30.3 Å². The number of carbonyl (C=O) groups excluding carboxylic acids is 2. The minimum Gasteiger partial charge on any atom is -0.497 e. The minimum atomic E-state index is -0.925. The summed E-state index contributed by atoms with van der Waals surface area (Å²) in [5.74, 6) is -0.840. The third-order valence-electron chi connectivity index (χ3n) is 3.59. The Bertz CT molecular complexity index is 817. The molecular formula is C18H15FO6. The first kappa shape index (κ1) is 16.8. The predicted molar refractivity (Wildman–Crippen MR) is 85.0 cm³/mol. The van der Waals surface area contributed by atoms with E-state index < -0.39 is 24.2 Å². The SMILES string of the molecule is COc1ccc(C(=O)OCC(=O)c2ccc3c(c2)OCCO3)c(F)c1. The highest BCUT2D eigenvalue weighted by atomic mass is 19.1. The molecule has 0 saturated carbocycles. The molecule has 7 heteroatoms. The quantitative estimate of drug-likeness (QED) is 0.612. The lowest BCUT2D eigenvalue weighted by Crippen LogP contribution is -2.17. The van der Waals surface area contributed by atoms with Gasteiger partial charge >= 0.3 is 5.97 Å². The van der Waals surface area contributed by atoms with Gasteiger partial charge in [-0.15, -0.1) is 0 Å². The van der Waals surface area contributed by atoms with E-state index in [1.807, 2.05) is 0 Å². The van der Waals surface area contributed by atoms with Gasteiger partial charge in [0.2, 0.25) is 0 Å². The summed E-state index contributed by atoms with van der Waals surface area (Å²) in [5, 5.41) is 0. The zero-order valence-corrected chi connectivity index (χ0v) is 13.4. The molecule has 0 atom stereocenters. The number of hydrogen-bond acceptors (Lipinski definition) is 6. The Morgan fingerprint density at radius 2 is 1.84 bits per heavy atom. The van der Waals surface area contributed by atoms with Gasteiger partial charge in [0.05, 0.1) is 12.7 Å². The molecule has 0 aromatic heterocycles. The zero-order valence-electron chi connectivity index (χ0n) is 13.4. The first-order chi connectivity index (χ1) is 12.1. The van der Waals surface area contributed by atoms with Crippen LogP contribution in [-0.4, -0.2) is 38.7 Å². The topological polar surface area (TPSA) is 71.1 Å². The van der Waals surface area contributed by atoms with Crippen LogP contribution in [0.3, 0.4) is 0 Å². The second-order valence-corrected chi connectivity index (χ2v) is 5.20. The van der Waals surface area contributed by atoms with Crippen LogP contribution in [-0.2, 0) is 4.74 Å². The Hall–Kier alpha value is -3.09. The van der Waals surface area contributed by atoms with E-state index in [1.165, 1.54) is 25.3 Å². The second kappa shape index (κ2) is 7.21. The molecule has 1 heterocycles. The van der Waals surface area contributed by atoms with E-state index in [0.717, 1.165) is 6.07 Å². The molecular weight excluding hydrogens is 331 g/mol. The van der Waals surface area contributed by atoms with Gasteiger partial charge in [-0.25, -0.2) is 9.18 Å². The summed E-state index contributed by atoms with van der Waals surface area (Å²) in [6.07, 6.45) is 0. The van der Waals surface area contributed by atoms with Crippen LogP contribution in [0.15, 0.2) is 36.4 Å². The van der Waals surface area contributed by atoms with Crippen molar-refractivity contribution in [1.29, 1.82) is 0 Å². The van der Waals surface area contributed by atoms with Crippen LogP contribution in [0, 0.1) is 5.82 Å². The normalized spacial score (nSPS) is 12.4. The van der Waals surface area contributed by atoms with E-state index in [4.69, 9.17) is 18.9 Å². The maximum Gasteiger partial charge on any atom is 0.341 e. The Morgan fingerprint density at radius 3 is 2.56 bits per heavy atom. The lowest BCUT2D eigenvalue weighted by atomic mass is 10.1. The first-order valence-electron chi connectivity index (χ1n) is 7.52. The third kappa shape index (κ3) is 3.71. The van der Waals surface area contributed by atoms with Gasteiger partial charge in [-0.1, -0.05) is 0 Å². The van der Waals surface area contributed by atoms with Gasteiger partial charge in [-0.3, -0.25) is 4.79 Å². The van der Waals surface area contributed by atoms with Gasteiger partial charge in [0.15, 0.2) is 23.9 Å². The van der Waals surface area contributed by atoms with Crippen molar-refractivity contribution < 1.29 is 32.9 Å². The number of Topliss-reactive ketones (excluding diaryl/α,β-unsaturated/α-hetero) is 1. The van der Waals surface area contributed by atoms with Crippen molar-refractivity contribution in [3.8, 4) is 17.2 Å². The number of halogens is 1. The largest absolute Gasteiger partial charge is 0.497 e. The van der Waals surface area contributed by atoms with Crippen LogP contribution in [0.1, 0.15) is 20.7 Å². The van der Waals surface area contributed by atoms with Crippen LogP contribution in [0.5, 0.6) is 17.2 Å². The maximum absolute atomic E-state index is 13.8. The summed E-state index contributed by atoms with van der Waals surface area (Å²) in [6.45, 7) is 0.339. The van der Waals surface area contributed by atoms with Crippen LogP contribution in [0.25, 0.3) is 0 Å². The number of fused-ring (bicyclic) bond motifs is 1. The van der Waals surface area contributed by atoms with Gasteiger partial charge in [0.1, 0.15) is 24.8 Å². The molecule has 0 fully saturated rings. The highest BCUT2D eigenvalue weighted by molar-refractivity contribution is 5.99. The zero-order chi connectivity index (χ0) is 17.8. The molecule has 2 aromatic carbocycles.